The first-order valence-corrected chi connectivity index (χ1v) is 3.85. The molecule has 0 N–H and O–H groups in total. The quantitative estimate of drug-likeness (QED) is 0.498. The summed E-state index contributed by atoms with van der Waals surface area (Å²) in [5.74, 6) is 0. The number of rotatable bonds is 0. The molecule has 50 valence electrons. The van der Waals surface area contributed by atoms with E-state index in [1.54, 1.807) is 11.3 Å². The first kappa shape index (κ1) is 6.68. The van der Waals surface area contributed by atoms with Gasteiger partial charge in [-0.25, -0.2) is 0 Å². The molecule has 0 saturated heterocycles. The van der Waals surface area contributed by atoms with E-state index < -0.39 is 0 Å². The van der Waals surface area contributed by atoms with Gasteiger partial charge in [-0.05, 0) is 0 Å². The van der Waals surface area contributed by atoms with Crippen LogP contribution in [0.4, 0.5) is 0 Å². The summed E-state index contributed by atoms with van der Waals surface area (Å²) in [6, 6.07) is 0. The molecular weight excluding hydrogens is 132 g/mol. The summed E-state index contributed by atoms with van der Waals surface area (Å²) in [7, 11) is 0. The van der Waals surface area contributed by atoms with Crippen molar-refractivity contribution in [3.05, 3.63) is 11.0 Å². The van der Waals surface area contributed by atoms with Crippen LogP contribution in [0.25, 0.3) is 0 Å². The maximum absolute atomic E-state index is 4.12. The summed E-state index contributed by atoms with van der Waals surface area (Å²) in [5.41, 5.74) is 3.99. The zero-order valence-electron chi connectivity index (χ0n) is 5.96. The summed E-state index contributed by atoms with van der Waals surface area (Å²) in [6.45, 7) is 6.40. The minimum Gasteiger partial charge on any atom is -0.0761 e. The minimum absolute atomic E-state index is 0.139. The van der Waals surface area contributed by atoms with Gasteiger partial charge in [0.2, 0.25) is 0 Å². The Morgan fingerprint density at radius 1 is 1.44 bits per heavy atom. The van der Waals surface area contributed by atoms with E-state index in [0.29, 0.717) is 0 Å². The Morgan fingerprint density at radius 2 is 2.11 bits per heavy atom. The van der Waals surface area contributed by atoms with Crippen molar-refractivity contribution in [2.45, 2.75) is 26.3 Å². The number of aromatic nitrogens is 2. The standard InChI is InChI=1S/C6H11N2S/c1-6(2,3)8-5-9-4-7-8/h4-5H,1-3H3/q+1. The Bertz CT molecular complexity index is 173. The number of hydrogen-bond donors (Lipinski definition) is 0. The van der Waals surface area contributed by atoms with Crippen LogP contribution < -0.4 is 4.68 Å². The van der Waals surface area contributed by atoms with Crippen LogP contribution in [0.15, 0.2) is 11.0 Å². The lowest BCUT2D eigenvalue weighted by Gasteiger charge is -2.05. The second kappa shape index (κ2) is 2.06. The first-order valence-electron chi connectivity index (χ1n) is 2.91. The van der Waals surface area contributed by atoms with Crippen molar-refractivity contribution in [1.82, 2.24) is 5.10 Å². The summed E-state index contributed by atoms with van der Waals surface area (Å²) >= 11 is 1.62. The highest BCUT2D eigenvalue weighted by Crippen LogP contribution is 2.02. The molecule has 0 fully saturated rings. The smallest absolute Gasteiger partial charge is 0.0761 e. The van der Waals surface area contributed by atoms with Crippen molar-refractivity contribution in [1.29, 1.82) is 0 Å². The average molecular weight is 143 g/mol. The number of hydrogen-bond acceptors (Lipinski definition) is 2. The van der Waals surface area contributed by atoms with Crippen LogP contribution in [0.2, 0.25) is 0 Å². The van der Waals surface area contributed by atoms with Gasteiger partial charge in [0.05, 0.1) is 0 Å². The molecule has 1 rings (SSSR count). The summed E-state index contributed by atoms with van der Waals surface area (Å²) in [4.78, 5) is 0. The third-order valence-electron chi connectivity index (χ3n) is 1.08. The molecule has 3 heteroatoms. The van der Waals surface area contributed by atoms with Gasteiger partial charge in [0, 0.05) is 25.9 Å². The highest BCUT2D eigenvalue weighted by molar-refractivity contribution is 7.06. The average Bonchev–Trinajstić information content (AvgIpc) is 2.08. The second-order valence-corrected chi connectivity index (χ2v) is 3.67. The van der Waals surface area contributed by atoms with Crippen LogP contribution in [-0.2, 0) is 5.54 Å². The van der Waals surface area contributed by atoms with Crippen molar-refractivity contribution in [3.63, 3.8) is 0 Å². The molecule has 0 aliphatic carbocycles. The Labute approximate surface area is 59.1 Å². The molecule has 1 heterocycles. The van der Waals surface area contributed by atoms with E-state index in [2.05, 4.69) is 25.9 Å². The molecule has 0 radical (unpaired) electrons. The van der Waals surface area contributed by atoms with Gasteiger partial charge in [0.25, 0.3) is 5.51 Å². The Hall–Kier alpha value is -0.440. The van der Waals surface area contributed by atoms with E-state index in [1.165, 1.54) is 0 Å². The molecule has 0 amide bonds. The zero-order chi connectivity index (χ0) is 6.91. The van der Waals surface area contributed by atoms with Crippen LogP contribution >= 0.6 is 11.3 Å². The Kier molecular flexibility index (Phi) is 1.53. The van der Waals surface area contributed by atoms with Gasteiger partial charge < -0.3 is 0 Å². The molecule has 1 aromatic heterocycles. The van der Waals surface area contributed by atoms with E-state index >= 15 is 0 Å². The van der Waals surface area contributed by atoms with Gasteiger partial charge in [0.1, 0.15) is 0 Å². The lowest BCUT2D eigenvalue weighted by Crippen LogP contribution is -2.50. The summed E-state index contributed by atoms with van der Waals surface area (Å²) in [5, 5.41) is 4.12. The van der Waals surface area contributed by atoms with Gasteiger partial charge in [0.15, 0.2) is 11.0 Å². The molecule has 0 aromatic carbocycles. The molecule has 0 aliphatic heterocycles. The molecule has 0 aliphatic rings. The fraction of sp³-hybridized carbons (Fsp3) is 0.667. The van der Waals surface area contributed by atoms with Crippen LogP contribution in [-0.4, -0.2) is 5.10 Å². The molecule has 0 spiro atoms. The largest absolute Gasteiger partial charge is 0.253 e. The topological polar surface area (TPSA) is 16.8 Å². The van der Waals surface area contributed by atoms with E-state index in [0.717, 1.165) is 0 Å². The molecule has 0 unspecified atom stereocenters. The zero-order valence-corrected chi connectivity index (χ0v) is 6.77. The van der Waals surface area contributed by atoms with Crippen molar-refractivity contribution in [2.75, 3.05) is 0 Å². The van der Waals surface area contributed by atoms with Crippen molar-refractivity contribution in [3.8, 4) is 0 Å². The van der Waals surface area contributed by atoms with E-state index in [9.17, 15) is 0 Å². The third-order valence-corrected chi connectivity index (χ3v) is 1.62. The van der Waals surface area contributed by atoms with Crippen LogP contribution in [0.1, 0.15) is 20.8 Å². The van der Waals surface area contributed by atoms with Crippen molar-refractivity contribution < 1.29 is 4.68 Å². The van der Waals surface area contributed by atoms with E-state index in [-0.39, 0.29) is 5.54 Å². The molecule has 2 nitrogen and oxygen atoms in total. The van der Waals surface area contributed by atoms with E-state index in [4.69, 9.17) is 0 Å². The fourth-order valence-electron chi connectivity index (χ4n) is 0.521. The lowest BCUT2D eigenvalue weighted by atomic mass is 10.1. The van der Waals surface area contributed by atoms with Gasteiger partial charge in [-0.3, -0.25) is 0 Å². The fourth-order valence-corrected chi connectivity index (χ4v) is 1.22. The lowest BCUT2D eigenvalue weighted by molar-refractivity contribution is -0.801. The molecule has 0 saturated carbocycles. The van der Waals surface area contributed by atoms with Crippen molar-refractivity contribution in [2.24, 2.45) is 0 Å². The minimum atomic E-state index is 0.139. The predicted octanol–water partition coefficient (Wildman–Crippen LogP) is 1.19. The molecule has 0 bridgehead atoms. The van der Waals surface area contributed by atoms with Crippen LogP contribution in [0, 0.1) is 0 Å². The third kappa shape index (κ3) is 1.48. The summed E-state index contributed by atoms with van der Waals surface area (Å²) < 4.78 is 1.96. The van der Waals surface area contributed by atoms with Crippen LogP contribution in [0.5, 0.6) is 0 Å². The normalized spacial score (nSPS) is 11.9. The van der Waals surface area contributed by atoms with Gasteiger partial charge >= 0.3 is 0 Å². The maximum atomic E-state index is 4.12. The van der Waals surface area contributed by atoms with E-state index in [1.807, 2.05) is 15.7 Å². The Morgan fingerprint density at radius 3 is 2.33 bits per heavy atom. The highest BCUT2D eigenvalue weighted by atomic mass is 32.1. The molecule has 9 heavy (non-hydrogen) atoms. The Balaban J connectivity index is 2.90. The number of nitrogens with zero attached hydrogens (tertiary/aromatic N) is 2. The van der Waals surface area contributed by atoms with Gasteiger partial charge in [-0.15, -0.1) is 0 Å². The highest BCUT2D eigenvalue weighted by Gasteiger charge is 2.23. The molecular formula is C6H11N2S+. The predicted molar refractivity (Wildman–Crippen MR) is 37.3 cm³/mol. The molecule has 1 aromatic rings. The SMILES string of the molecule is CC(C)(C)[n+]1cscn1. The molecule has 0 atom stereocenters. The second-order valence-electron chi connectivity index (χ2n) is 2.98. The van der Waals surface area contributed by atoms with Crippen molar-refractivity contribution >= 4 is 11.3 Å². The van der Waals surface area contributed by atoms with Gasteiger partial charge in [-0.2, -0.15) is 0 Å². The van der Waals surface area contributed by atoms with Gasteiger partial charge in [-0.1, -0.05) is 16.0 Å². The van der Waals surface area contributed by atoms with Crippen LogP contribution in [0.3, 0.4) is 0 Å². The first-order chi connectivity index (χ1) is 4.11. The summed E-state index contributed by atoms with van der Waals surface area (Å²) in [6.07, 6.45) is 0. The monoisotopic (exact) mass is 143 g/mol. The maximum Gasteiger partial charge on any atom is 0.253 e.